The van der Waals surface area contributed by atoms with Crippen molar-refractivity contribution in [3.8, 4) is 11.5 Å². The predicted octanol–water partition coefficient (Wildman–Crippen LogP) is 9.06. The normalized spacial score (nSPS) is 14.0. The molecule has 48 heavy (non-hydrogen) atoms. The Morgan fingerprint density at radius 2 is 1.04 bits per heavy atom. The molecular weight excluding hydrogens is 612 g/mol. The van der Waals surface area contributed by atoms with Crippen LogP contribution in [0.1, 0.15) is 160 Å². The first-order chi connectivity index (χ1) is 22.4. The summed E-state index contributed by atoms with van der Waals surface area (Å²) >= 11 is 0. The van der Waals surface area contributed by atoms with Crippen molar-refractivity contribution < 1.29 is 44.0 Å². The van der Waals surface area contributed by atoms with Crippen LogP contribution in [0.4, 0.5) is 0 Å². The topological polar surface area (TPSA) is 147 Å². The van der Waals surface area contributed by atoms with Crippen molar-refractivity contribution >= 4 is 23.9 Å². The molecule has 0 aliphatic carbocycles. The van der Waals surface area contributed by atoms with Crippen molar-refractivity contribution in [2.75, 3.05) is 0 Å². The van der Waals surface area contributed by atoms with Crippen LogP contribution in [0.5, 0.6) is 11.5 Å². The van der Waals surface area contributed by atoms with Gasteiger partial charge in [0.1, 0.15) is 11.5 Å². The van der Waals surface area contributed by atoms with Crippen LogP contribution in [0.15, 0.2) is 0 Å². The van der Waals surface area contributed by atoms with E-state index in [2.05, 4.69) is 27.7 Å². The highest BCUT2D eigenvalue weighted by atomic mass is 16.5. The van der Waals surface area contributed by atoms with Gasteiger partial charge in [-0.25, -0.2) is 0 Å². The number of carboxylic acid groups (broad SMARTS) is 2. The molecule has 0 aliphatic rings. The van der Waals surface area contributed by atoms with Gasteiger partial charge in [0.15, 0.2) is 0 Å². The Bertz CT molecular complexity index is 1180. The van der Waals surface area contributed by atoms with Crippen molar-refractivity contribution in [2.24, 2.45) is 17.8 Å². The molecule has 1 aromatic rings. The summed E-state index contributed by atoms with van der Waals surface area (Å²) in [6.07, 6.45) is 10.8. The molecule has 0 spiro atoms. The van der Waals surface area contributed by atoms with Crippen molar-refractivity contribution in [1.29, 1.82) is 0 Å². The lowest BCUT2D eigenvalue weighted by Crippen LogP contribution is -2.25. The van der Waals surface area contributed by atoms with E-state index in [0.717, 1.165) is 24.7 Å². The molecule has 1 rings (SSSR count). The first-order valence-electron chi connectivity index (χ1n) is 18.1. The molecule has 0 aromatic heterocycles. The molecule has 1 unspecified atom stereocenters. The number of aliphatic hydroxyl groups is 1. The Morgan fingerprint density at radius 1 is 0.604 bits per heavy atom. The third kappa shape index (κ3) is 17.5. The first-order valence-corrected chi connectivity index (χ1v) is 18.1. The van der Waals surface area contributed by atoms with Gasteiger partial charge in [-0.3, -0.25) is 19.2 Å². The number of rotatable bonds is 25. The summed E-state index contributed by atoms with van der Waals surface area (Å²) in [5.74, 6) is -0.259. The summed E-state index contributed by atoms with van der Waals surface area (Å²) in [6, 6.07) is 0. The fourth-order valence-corrected chi connectivity index (χ4v) is 6.17. The van der Waals surface area contributed by atoms with Crippen LogP contribution in [0, 0.1) is 38.5 Å². The van der Waals surface area contributed by atoms with Gasteiger partial charge in [-0.05, 0) is 94.2 Å². The minimum atomic E-state index is -0.986. The van der Waals surface area contributed by atoms with Gasteiger partial charge in [-0.15, -0.1) is 0 Å². The van der Waals surface area contributed by atoms with Crippen molar-refractivity contribution in [3.05, 3.63) is 22.3 Å². The molecule has 0 bridgehead atoms. The average molecular weight is 677 g/mol. The maximum Gasteiger partial charge on any atom is 0.311 e. The summed E-state index contributed by atoms with van der Waals surface area (Å²) in [6.45, 7) is 16.4. The number of carbonyl (C=O) groups excluding carboxylic acids is 2. The molecular formula is C39H64O9. The third-order valence-corrected chi connectivity index (χ3v) is 9.48. The lowest BCUT2D eigenvalue weighted by molar-refractivity contribution is -0.139. The third-order valence-electron chi connectivity index (χ3n) is 9.48. The van der Waals surface area contributed by atoms with E-state index in [1.165, 1.54) is 38.5 Å². The highest BCUT2D eigenvalue weighted by Gasteiger charge is 2.27. The Morgan fingerprint density at radius 3 is 1.52 bits per heavy atom. The van der Waals surface area contributed by atoms with E-state index in [1.54, 1.807) is 20.8 Å². The van der Waals surface area contributed by atoms with Gasteiger partial charge in [-0.2, -0.15) is 0 Å². The van der Waals surface area contributed by atoms with E-state index in [1.807, 2.05) is 6.92 Å². The van der Waals surface area contributed by atoms with E-state index >= 15 is 0 Å². The Kier molecular flexibility index (Phi) is 19.7. The summed E-state index contributed by atoms with van der Waals surface area (Å²) in [4.78, 5) is 47.2. The van der Waals surface area contributed by atoms with Crippen LogP contribution in [0.2, 0.25) is 0 Å². The minimum absolute atomic E-state index is 0.0513. The lowest BCUT2D eigenvalue weighted by Gasteiger charge is -2.26. The SMILES string of the molecule is Cc1c(C)c(OC(=O)CCCC(=O)O)c(CCC(C)(O)CCC[C@H](C)CCC[C@H](C)CCCC(C)C)c(C)c1OC(=O)CCCC(=O)O. The average Bonchev–Trinajstić information content (AvgIpc) is 2.97. The molecule has 0 radical (unpaired) electrons. The number of hydrogen-bond donors (Lipinski definition) is 3. The molecule has 9 nitrogen and oxygen atoms in total. The molecule has 0 saturated carbocycles. The first kappa shape index (κ1) is 43.1. The molecule has 0 fully saturated rings. The number of benzene rings is 1. The van der Waals surface area contributed by atoms with Crippen LogP contribution in [0.3, 0.4) is 0 Å². The van der Waals surface area contributed by atoms with E-state index in [4.69, 9.17) is 19.7 Å². The maximum absolute atomic E-state index is 12.7. The minimum Gasteiger partial charge on any atom is -0.481 e. The summed E-state index contributed by atoms with van der Waals surface area (Å²) in [7, 11) is 0. The van der Waals surface area contributed by atoms with Gasteiger partial charge in [-0.1, -0.05) is 79.1 Å². The summed E-state index contributed by atoms with van der Waals surface area (Å²) in [5.41, 5.74) is 1.52. The number of aliphatic carboxylic acids is 2. The standard InChI is InChI=1S/C39H64O9/c1-26(2)14-9-15-27(3)16-10-17-28(4)18-13-24-39(8,46)25-23-32-31(7)37(47-35(44)21-11-19-33(40)41)29(5)30(6)38(32)48-36(45)22-12-20-34(42)43/h26-28,46H,9-25H2,1-8H3,(H,40,41)(H,42,43)/t27-,28-,39?/m1/s1. The second-order valence-corrected chi connectivity index (χ2v) is 14.8. The van der Waals surface area contributed by atoms with Crippen LogP contribution >= 0.6 is 0 Å². The largest absolute Gasteiger partial charge is 0.481 e. The van der Waals surface area contributed by atoms with Gasteiger partial charge in [0.25, 0.3) is 0 Å². The zero-order chi connectivity index (χ0) is 36.4. The van der Waals surface area contributed by atoms with Crippen molar-refractivity contribution in [3.63, 3.8) is 0 Å². The molecule has 9 heteroatoms. The van der Waals surface area contributed by atoms with E-state index in [0.29, 0.717) is 58.9 Å². The zero-order valence-corrected chi connectivity index (χ0v) is 31.0. The molecule has 0 aliphatic heterocycles. The van der Waals surface area contributed by atoms with Crippen LogP contribution in [0.25, 0.3) is 0 Å². The van der Waals surface area contributed by atoms with Crippen molar-refractivity contribution in [1.82, 2.24) is 0 Å². The Hall–Kier alpha value is -2.94. The highest BCUT2D eigenvalue weighted by molar-refractivity contribution is 5.77. The summed E-state index contributed by atoms with van der Waals surface area (Å²) in [5, 5.41) is 29.2. The van der Waals surface area contributed by atoms with Crippen LogP contribution in [-0.4, -0.2) is 44.8 Å². The van der Waals surface area contributed by atoms with E-state index in [9.17, 15) is 24.3 Å². The molecule has 1 aromatic carbocycles. The van der Waals surface area contributed by atoms with Crippen molar-refractivity contribution in [2.45, 2.75) is 170 Å². The number of esters is 2. The highest BCUT2D eigenvalue weighted by Crippen LogP contribution is 2.40. The molecule has 3 N–H and O–H groups in total. The second kappa shape index (κ2) is 21.9. The molecule has 0 amide bonds. The van der Waals surface area contributed by atoms with Gasteiger partial charge in [0, 0.05) is 31.2 Å². The smallest absolute Gasteiger partial charge is 0.311 e. The van der Waals surface area contributed by atoms with E-state index < -0.39 is 29.5 Å². The van der Waals surface area contributed by atoms with Gasteiger partial charge < -0.3 is 24.8 Å². The fraction of sp³-hybridized carbons (Fsp3) is 0.744. The molecule has 3 atom stereocenters. The number of hydrogen-bond acceptors (Lipinski definition) is 7. The number of carboxylic acids is 2. The fourth-order valence-electron chi connectivity index (χ4n) is 6.17. The van der Waals surface area contributed by atoms with Crippen LogP contribution in [-0.2, 0) is 25.6 Å². The molecule has 0 saturated heterocycles. The number of carbonyl (C=O) groups is 4. The lowest BCUT2D eigenvalue weighted by atomic mass is 9.86. The van der Waals surface area contributed by atoms with Gasteiger partial charge >= 0.3 is 23.9 Å². The zero-order valence-electron chi connectivity index (χ0n) is 31.0. The van der Waals surface area contributed by atoms with E-state index in [-0.39, 0.29) is 38.5 Å². The monoisotopic (exact) mass is 676 g/mol. The quantitative estimate of drug-likeness (QED) is 0.0681. The Balaban J connectivity index is 2.95. The molecule has 274 valence electrons. The Labute approximate surface area is 289 Å². The predicted molar refractivity (Wildman–Crippen MR) is 189 cm³/mol. The molecule has 0 heterocycles. The van der Waals surface area contributed by atoms with Crippen LogP contribution < -0.4 is 9.47 Å². The maximum atomic E-state index is 12.7. The second-order valence-electron chi connectivity index (χ2n) is 14.8. The number of ether oxygens (including phenoxy) is 2. The summed E-state index contributed by atoms with van der Waals surface area (Å²) < 4.78 is 11.5. The van der Waals surface area contributed by atoms with Gasteiger partial charge in [0.05, 0.1) is 5.60 Å². The van der Waals surface area contributed by atoms with Gasteiger partial charge in [0.2, 0.25) is 0 Å².